The van der Waals surface area contributed by atoms with Gasteiger partial charge in [0.2, 0.25) is 0 Å². The summed E-state index contributed by atoms with van der Waals surface area (Å²) in [5.74, 6) is 0.558. The van der Waals surface area contributed by atoms with Crippen molar-refractivity contribution in [1.29, 1.82) is 0 Å². The van der Waals surface area contributed by atoms with E-state index in [1.165, 1.54) is 6.08 Å². The van der Waals surface area contributed by atoms with Crippen LogP contribution in [-0.4, -0.2) is 50.3 Å². The predicted molar refractivity (Wildman–Crippen MR) is 145 cm³/mol. The molecule has 0 spiro atoms. The minimum absolute atomic E-state index is 0.120. The molecule has 12 nitrogen and oxygen atoms in total. The molecule has 3 amide bonds. The molecule has 13 heteroatoms. The van der Waals surface area contributed by atoms with Crippen LogP contribution in [0.5, 0.6) is 5.75 Å². The van der Waals surface area contributed by atoms with Crippen LogP contribution in [0.4, 0.5) is 22.1 Å². The van der Waals surface area contributed by atoms with E-state index in [2.05, 4.69) is 26.4 Å². The number of ether oxygens (including phenoxy) is 1. The number of halogens is 1. The number of nitrogens with one attached hydrogen (secondary N) is 4. The number of aliphatic carboxylic acids is 1. The molecule has 1 aliphatic heterocycles. The Hall–Kier alpha value is -4.32. The van der Waals surface area contributed by atoms with Crippen molar-refractivity contribution in [3.63, 3.8) is 0 Å². The summed E-state index contributed by atoms with van der Waals surface area (Å²) in [5, 5.41) is 25.0. The Morgan fingerprint density at radius 1 is 1.18 bits per heavy atom. The Morgan fingerprint density at radius 3 is 2.72 bits per heavy atom. The number of carbonyl (C=O) groups excluding carboxylic acids is 2. The van der Waals surface area contributed by atoms with Gasteiger partial charge >= 0.3 is 12.0 Å². The van der Waals surface area contributed by atoms with Crippen molar-refractivity contribution in [3.05, 3.63) is 46.7 Å². The first-order valence-corrected chi connectivity index (χ1v) is 13.1. The van der Waals surface area contributed by atoms with Gasteiger partial charge < -0.3 is 25.8 Å². The Balaban J connectivity index is 1.29. The molecule has 5 rings (SSSR count). The monoisotopic (exact) mass is 553 g/mol. The highest BCUT2D eigenvalue weighted by Crippen LogP contribution is 2.31. The third-order valence-electron chi connectivity index (χ3n) is 6.20. The topological polar surface area (TPSA) is 159 Å². The van der Waals surface area contributed by atoms with Crippen LogP contribution in [0.3, 0.4) is 0 Å². The summed E-state index contributed by atoms with van der Waals surface area (Å²) in [6, 6.07) is 7.01. The van der Waals surface area contributed by atoms with Crippen molar-refractivity contribution in [2.24, 2.45) is 0 Å². The summed E-state index contributed by atoms with van der Waals surface area (Å²) < 4.78 is 7.46. The van der Waals surface area contributed by atoms with Gasteiger partial charge in [0.25, 0.3) is 5.91 Å². The molecule has 1 aromatic carbocycles. The van der Waals surface area contributed by atoms with Gasteiger partial charge in [0.1, 0.15) is 23.1 Å². The molecule has 39 heavy (non-hydrogen) atoms. The second kappa shape index (κ2) is 11.6. The summed E-state index contributed by atoms with van der Waals surface area (Å²) in [6.07, 6.45) is 8.66. The van der Waals surface area contributed by atoms with Gasteiger partial charge in [-0.15, -0.1) is 0 Å². The minimum Gasteiger partial charge on any atom is -0.492 e. The van der Waals surface area contributed by atoms with Crippen LogP contribution in [0, 0.1) is 0 Å². The molecule has 5 N–H and O–H groups in total. The number of anilines is 3. The number of urea groups is 1. The molecule has 1 saturated heterocycles. The Morgan fingerprint density at radius 2 is 2.00 bits per heavy atom. The van der Waals surface area contributed by atoms with Crippen LogP contribution in [0.2, 0.25) is 5.02 Å². The Bertz CT molecular complexity index is 1450. The molecule has 2 aliphatic rings. The van der Waals surface area contributed by atoms with Crippen molar-refractivity contribution < 1.29 is 24.2 Å². The lowest BCUT2D eigenvalue weighted by molar-refractivity contribution is -0.137. The lowest BCUT2D eigenvalue weighted by atomic mass is 10.1. The van der Waals surface area contributed by atoms with Gasteiger partial charge in [0.15, 0.2) is 5.65 Å². The molecule has 1 aliphatic carbocycles. The van der Waals surface area contributed by atoms with E-state index in [0.717, 1.165) is 37.9 Å². The molecule has 2 aromatic heterocycles. The fourth-order valence-electron chi connectivity index (χ4n) is 4.08. The summed E-state index contributed by atoms with van der Waals surface area (Å²) in [5.41, 5.74) is 1.89. The molecular weight excluding hydrogens is 526 g/mol. The van der Waals surface area contributed by atoms with Crippen LogP contribution < -0.4 is 26.0 Å². The molecule has 3 aromatic rings. The normalized spacial score (nSPS) is 15.9. The van der Waals surface area contributed by atoms with E-state index in [0.29, 0.717) is 52.6 Å². The summed E-state index contributed by atoms with van der Waals surface area (Å²) >= 11 is 6.47. The number of rotatable bonds is 13. The Kier molecular flexibility index (Phi) is 7.82. The largest absolute Gasteiger partial charge is 0.492 e. The first-order valence-electron chi connectivity index (χ1n) is 12.8. The van der Waals surface area contributed by atoms with Gasteiger partial charge in [-0.05, 0) is 50.0 Å². The molecule has 1 saturated carbocycles. The maximum absolute atomic E-state index is 12.0. The van der Waals surface area contributed by atoms with E-state index in [4.69, 9.17) is 26.4 Å². The smallest absolute Gasteiger partial charge is 0.326 e. The van der Waals surface area contributed by atoms with Gasteiger partial charge in [-0.1, -0.05) is 24.4 Å². The fraction of sp³-hybridized carbons (Fsp3) is 0.346. The highest BCUT2D eigenvalue weighted by atomic mass is 35.5. The van der Waals surface area contributed by atoms with Gasteiger partial charge in [-0.3, -0.25) is 14.9 Å². The van der Waals surface area contributed by atoms with Crippen molar-refractivity contribution in [1.82, 2.24) is 25.2 Å². The second-order valence-corrected chi connectivity index (χ2v) is 9.83. The molecule has 204 valence electrons. The molecular formula is C26H28ClN7O5. The van der Waals surface area contributed by atoms with Crippen molar-refractivity contribution in [3.8, 4) is 5.75 Å². The van der Waals surface area contributed by atoms with E-state index >= 15 is 0 Å². The maximum atomic E-state index is 12.0. The van der Waals surface area contributed by atoms with Crippen LogP contribution in [0.15, 0.2) is 36.2 Å². The van der Waals surface area contributed by atoms with Crippen LogP contribution in [0.1, 0.15) is 50.5 Å². The SMILES string of the molecule is O=C(O)CCCCCCOc1ccc(Nc2cc(NC3CC3)n3ncc(C=C4NC(=O)NC4=O)c3n2)cc1Cl. The van der Waals surface area contributed by atoms with Gasteiger partial charge in [-0.25, -0.2) is 9.78 Å². The van der Waals surface area contributed by atoms with Crippen molar-refractivity contribution in [2.75, 3.05) is 17.2 Å². The number of imide groups is 1. The number of amides is 3. The number of unbranched alkanes of at least 4 members (excludes halogenated alkanes) is 3. The van der Waals surface area contributed by atoms with E-state index < -0.39 is 17.9 Å². The molecule has 0 atom stereocenters. The zero-order chi connectivity index (χ0) is 27.4. The molecule has 0 unspecified atom stereocenters. The van der Waals surface area contributed by atoms with E-state index in [-0.39, 0.29) is 12.1 Å². The number of hydrogen-bond donors (Lipinski definition) is 5. The average molecular weight is 554 g/mol. The lowest BCUT2D eigenvalue weighted by Crippen LogP contribution is -2.22. The van der Waals surface area contributed by atoms with E-state index in [1.807, 2.05) is 12.1 Å². The maximum Gasteiger partial charge on any atom is 0.326 e. The van der Waals surface area contributed by atoms with Crippen LogP contribution in [-0.2, 0) is 9.59 Å². The number of aromatic nitrogens is 3. The highest BCUT2D eigenvalue weighted by molar-refractivity contribution is 6.32. The number of carboxylic acid groups (broad SMARTS) is 1. The fourth-order valence-corrected chi connectivity index (χ4v) is 4.32. The molecule has 2 fully saturated rings. The standard InChI is InChI=1S/C26H28ClN7O5/c27-18-12-17(8-9-20(18)39-10-4-2-1-3-5-23(35)36)29-21-13-22(30-16-6-7-16)34-24(32-21)15(14-28-34)11-19-25(37)33-26(38)31-19/h8-9,11-14,16,30H,1-7,10H2,(H,29,32)(H,35,36)(H2,31,33,37,38). The average Bonchev–Trinajstić information content (AvgIpc) is 3.52. The van der Waals surface area contributed by atoms with Crippen molar-refractivity contribution in [2.45, 2.75) is 51.0 Å². The molecule has 0 radical (unpaired) electrons. The number of carbonyl (C=O) groups is 3. The van der Waals surface area contributed by atoms with Gasteiger partial charge in [0, 0.05) is 29.8 Å². The molecule has 3 heterocycles. The van der Waals surface area contributed by atoms with Gasteiger partial charge in [-0.2, -0.15) is 9.61 Å². The quantitative estimate of drug-likeness (QED) is 0.118. The zero-order valence-electron chi connectivity index (χ0n) is 21.0. The summed E-state index contributed by atoms with van der Waals surface area (Å²) in [4.78, 5) is 38.8. The third-order valence-corrected chi connectivity index (χ3v) is 6.49. The zero-order valence-corrected chi connectivity index (χ0v) is 21.8. The molecule has 0 bridgehead atoms. The number of carboxylic acids is 1. The first-order chi connectivity index (χ1) is 18.9. The second-order valence-electron chi connectivity index (χ2n) is 9.42. The summed E-state index contributed by atoms with van der Waals surface area (Å²) in [7, 11) is 0. The summed E-state index contributed by atoms with van der Waals surface area (Å²) in [6.45, 7) is 0.492. The number of fused-ring (bicyclic) bond motifs is 1. The van der Waals surface area contributed by atoms with Crippen LogP contribution in [0.25, 0.3) is 11.7 Å². The Labute approximate surface area is 228 Å². The van der Waals surface area contributed by atoms with E-state index in [9.17, 15) is 14.4 Å². The van der Waals surface area contributed by atoms with Crippen LogP contribution >= 0.6 is 11.6 Å². The number of benzene rings is 1. The minimum atomic E-state index is -0.770. The highest BCUT2D eigenvalue weighted by Gasteiger charge is 2.25. The lowest BCUT2D eigenvalue weighted by Gasteiger charge is -2.13. The number of hydrogen-bond acceptors (Lipinski definition) is 8. The van der Waals surface area contributed by atoms with E-state index in [1.54, 1.807) is 22.8 Å². The predicted octanol–water partition coefficient (Wildman–Crippen LogP) is 4.29. The van der Waals surface area contributed by atoms with Gasteiger partial charge in [0.05, 0.1) is 17.8 Å². The third kappa shape index (κ3) is 6.77. The van der Waals surface area contributed by atoms with Crippen molar-refractivity contribution >= 4 is 58.6 Å². The number of nitrogens with zero attached hydrogens (tertiary/aromatic N) is 3. The first kappa shape index (κ1) is 26.3.